The van der Waals surface area contributed by atoms with Crippen LogP contribution in [-0.4, -0.2) is 59.1 Å². The highest BCUT2D eigenvalue weighted by Crippen LogP contribution is 2.32. The van der Waals surface area contributed by atoms with E-state index >= 15 is 0 Å². The number of carbonyl (C=O) groups excluding carboxylic acids is 2. The number of fused-ring (bicyclic) bond motifs is 1. The Balaban J connectivity index is 1.80. The molecule has 0 radical (unpaired) electrons. The van der Waals surface area contributed by atoms with Crippen molar-refractivity contribution in [3.63, 3.8) is 0 Å². The van der Waals surface area contributed by atoms with E-state index in [1.54, 1.807) is 0 Å². The standard InChI is InChI=1S/C16H16ClN3O4S/c17-13-14(18-4-5-19-6-8-25-9-7-19)16(22)12-10(15(13)21)2-1-3-11(12)20(23)24/h1-3,18H,4-9H2. The molecule has 3 rings (SSSR count). The van der Waals surface area contributed by atoms with E-state index in [0.717, 1.165) is 24.6 Å². The van der Waals surface area contributed by atoms with Gasteiger partial charge in [0.15, 0.2) is 0 Å². The van der Waals surface area contributed by atoms with Crippen molar-refractivity contribution in [2.45, 2.75) is 0 Å². The Bertz CT molecular complexity index is 775. The van der Waals surface area contributed by atoms with Crippen molar-refractivity contribution in [3.8, 4) is 0 Å². The molecule has 9 heteroatoms. The Labute approximate surface area is 153 Å². The first-order valence-corrected chi connectivity index (χ1v) is 9.34. The van der Waals surface area contributed by atoms with Crippen LogP contribution in [0.3, 0.4) is 0 Å². The predicted octanol–water partition coefficient (Wildman–Crippen LogP) is 2.06. The molecule has 132 valence electrons. The normalized spacial score (nSPS) is 18.3. The summed E-state index contributed by atoms with van der Waals surface area (Å²) in [4.78, 5) is 37.9. The minimum absolute atomic E-state index is 0.0252. The van der Waals surface area contributed by atoms with E-state index in [1.807, 2.05) is 11.8 Å². The molecule has 1 aromatic rings. The fourth-order valence-corrected chi connectivity index (χ4v) is 4.13. The van der Waals surface area contributed by atoms with Crippen LogP contribution in [0.15, 0.2) is 28.9 Å². The molecule has 0 bridgehead atoms. The van der Waals surface area contributed by atoms with Gasteiger partial charge >= 0.3 is 0 Å². The van der Waals surface area contributed by atoms with E-state index in [-0.39, 0.29) is 27.5 Å². The van der Waals surface area contributed by atoms with Crippen molar-refractivity contribution in [2.75, 3.05) is 37.7 Å². The molecular formula is C16H16ClN3O4S. The van der Waals surface area contributed by atoms with Gasteiger partial charge in [-0.25, -0.2) is 0 Å². The molecule has 1 aromatic carbocycles. The maximum absolute atomic E-state index is 12.7. The summed E-state index contributed by atoms with van der Waals surface area (Å²) in [5.74, 6) is 0.957. The van der Waals surface area contributed by atoms with E-state index in [1.165, 1.54) is 18.2 Å². The van der Waals surface area contributed by atoms with Crippen LogP contribution in [0.2, 0.25) is 0 Å². The maximum Gasteiger partial charge on any atom is 0.281 e. The monoisotopic (exact) mass is 381 g/mol. The zero-order valence-corrected chi connectivity index (χ0v) is 14.9. The molecule has 1 fully saturated rings. The summed E-state index contributed by atoms with van der Waals surface area (Å²) >= 11 is 7.97. The van der Waals surface area contributed by atoms with E-state index in [0.29, 0.717) is 13.1 Å². The number of thioether (sulfide) groups is 1. The quantitative estimate of drug-likeness (QED) is 0.616. The minimum atomic E-state index is -0.660. The maximum atomic E-state index is 12.7. The van der Waals surface area contributed by atoms with Crippen molar-refractivity contribution in [3.05, 3.63) is 50.2 Å². The molecule has 25 heavy (non-hydrogen) atoms. The second kappa shape index (κ2) is 7.55. The van der Waals surface area contributed by atoms with Gasteiger partial charge in [0.1, 0.15) is 16.3 Å². The van der Waals surface area contributed by atoms with Crippen molar-refractivity contribution in [1.82, 2.24) is 10.2 Å². The zero-order valence-electron chi connectivity index (χ0n) is 13.3. The summed E-state index contributed by atoms with van der Waals surface area (Å²) in [6, 6.07) is 3.97. The van der Waals surface area contributed by atoms with E-state index in [9.17, 15) is 19.7 Å². The summed E-state index contributed by atoms with van der Waals surface area (Å²) < 4.78 is 0. The number of nitrogens with zero attached hydrogens (tertiary/aromatic N) is 2. The average molecular weight is 382 g/mol. The van der Waals surface area contributed by atoms with Gasteiger partial charge in [-0.15, -0.1) is 0 Å². The van der Waals surface area contributed by atoms with Gasteiger partial charge in [0.2, 0.25) is 11.6 Å². The summed E-state index contributed by atoms with van der Waals surface area (Å²) in [5, 5.41) is 13.9. The Hall–Kier alpha value is -1.90. The number of rotatable bonds is 5. The highest BCUT2D eigenvalue weighted by atomic mass is 35.5. The first-order valence-electron chi connectivity index (χ1n) is 7.81. The number of halogens is 1. The molecule has 1 aliphatic carbocycles. The number of ketones is 2. The topological polar surface area (TPSA) is 92.6 Å². The lowest BCUT2D eigenvalue weighted by Gasteiger charge is -2.27. The largest absolute Gasteiger partial charge is 0.379 e. The van der Waals surface area contributed by atoms with Gasteiger partial charge < -0.3 is 5.32 Å². The average Bonchev–Trinajstić information content (AvgIpc) is 2.63. The SMILES string of the molecule is O=C1C(Cl)=C(NCCN2CCSCC2)C(=O)c2c1cccc2[N+](=O)[O-]. The molecule has 0 spiro atoms. The second-order valence-corrected chi connectivity index (χ2v) is 7.29. The van der Waals surface area contributed by atoms with Crippen LogP contribution in [-0.2, 0) is 0 Å². The molecule has 2 aliphatic rings. The third-order valence-electron chi connectivity index (χ3n) is 4.19. The fraction of sp³-hybridized carbons (Fsp3) is 0.375. The Kier molecular flexibility index (Phi) is 5.41. The van der Waals surface area contributed by atoms with Gasteiger partial charge in [0.05, 0.1) is 4.92 Å². The lowest BCUT2D eigenvalue weighted by atomic mass is 9.91. The summed E-state index contributed by atoms with van der Waals surface area (Å²) in [6.07, 6.45) is 0. The van der Waals surface area contributed by atoms with Crippen LogP contribution in [0.5, 0.6) is 0 Å². The Morgan fingerprint density at radius 1 is 1.24 bits per heavy atom. The lowest BCUT2D eigenvalue weighted by Crippen LogP contribution is -2.39. The number of allylic oxidation sites excluding steroid dienone is 2. The van der Waals surface area contributed by atoms with Crippen LogP contribution in [0.1, 0.15) is 20.7 Å². The van der Waals surface area contributed by atoms with Crippen molar-refractivity contribution in [1.29, 1.82) is 0 Å². The van der Waals surface area contributed by atoms with Gasteiger partial charge in [-0.05, 0) is 6.07 Å². The van der Waals surface area contributed by atoms with Crippen LogP contribution in [0.4, 0.5) is 5.69 Å². The summed E-state index contributed by atoms with van der Waals surface area (Å²) in [7, 11) is 0. The van der Waals surface area contributed by atoms with E-state index < -0.39 is 16.5 Å². The van der Waals surface area contributed by atoms with Crippen LogP contribution in [0.25, 0.3) is 0 Å². The summed E-state index contributed by atoms with van der Waals surface area (Å²) in [5.41, 5.74) is -0.659. The van der Waals surface area contributed by atoms with Crippen molar-refractivity contribution >= 4 is 40.6 Å². The molecule has 0 aromatic heterocycles. The number of hydrogen-bond acceptors (Lipinski definition) is 7. The molecule has 0 amide bonds. The molecule has 7 nitrogen and oxygen atoms in total. The molecule has 0 saturated carbocycles. The van der Waals surface area contributed by atoms with Crippen molar-refractivity contribution in [2.24, 2.45) is 0 Å². The number of nitro groups is 1. The number of benzene rings is 1. The van der Waals surface area contributed by atoms with Gasteiger partial charge in [-0.3, -0.25) is 24.6 Å². The first-order chi connectivity index (χ1) is 12.0. The van der Waals surface area contributed by atoms with Gasteiger partial charge in [-0.2, -0.15) is 11.8 Å². The molecule has 1 heterocycles. The Morgan fingerprint density at radius 3 is 2.64 bits per heavy atom. The smallest absolute Gasteiger partial charge is 0.281 e. The fourth-order valence-electron chi connectivity index (χ4n) is 2.90. The zero-order chi connectivity index (χ0) is 18.0. The van der Waals surface area contributed by atoms with Gasteiger partial charge in [0.25, 0.3) is 5.69 Å². The van der Waals surface area contributed by atoms with Gasteiger partial charge in [0, 0.05) is 49.3 Å². The molecule has 1 saturated heterocycles. The van der Waals surface area contributed by atoms with Crippen LogP contribution < -0.4 is 5.32 Å². The first kappa shape index (κ1) is 17.9. The minimum Gasteiger partial charge on any atom is -0.379 e. The third-order valence-corrected chi connectivity index (χ3v) is 5.49. The second-order valence-electron chi connectivity index (χ2n) is 5.68. The summed E-state index contributed by atoms with van der Waals surface area (Å²) in [6.45, 7) is 3.09. The number of carbonyl (C=O) groups is 2. The van der Waals surface area contributed by atoms with E-state index in [2.05, 4.69) is 10.2 Å². The molecule has 0 unspecified atom stereocenters. The highest BCUT2D eigenvalue weighted by molar-refractivity contribution is 7.99. The van der Waals surface area contributed by atoms with Gasteiger partial charge in [-0.1, -0.05) is 17.7 Å². The number of hydrogen-bond donors (Lipinski definition) is 1. The highest BCUT2D eigenvalue weighted by Gasteiger charge is 2.36. The third kappa shape index (κ3) is 3.56. The van der Waals surface area contributed by atoms with Crippen molar-refractivity contribution < 1.29 is 14.5 Å². The predicted molar refractivity (Wildman–Crippen MR) is 96.4 cm³/mol. The lowest BCUT2D eigenvalue weighted by molar-refractivity contribution is -0.385. The molecule has 0 atom stereocenters. The Morgan fingerprint density at radius 2 is 1.96 bits per heavy atom. The number of nitro benzene ring substituents is 1. The number of nitrogens with one attached hydrogen (secondary N) is 1. The van der Waals surface area contributed by atoms with E-state index in [4.69, 9.17) is 11.6 Å². The molecular weight excluding hydrogens is 366 g/mol. The molecule has 1 aliphatic heterocycles. The number of Topliss-reactive ketones (excluding diaryl/α,β-unsaturated/α-hetero) is 2. The van der Waals surface area contributed by atoms with Crippen LogP contribution >= 0.6 is 23.4 Å². The van der Waals surface area contributed by atoms with Crippen LogP contribution in [0, 0.1) is 10.1 Å². The molecule has 1 N–H and O–H groups in total.